The number of carbonyl (C=O) groups excluding carboxylic acids is 1. The lowest BCUT2D eigenvalue weighted by molar-refractivity contribution is 0.0687. The van der Waals surface area contributed by atoms with E-state index >= 15 is 0 Å². The first-order valence-corrected chi connectivity index (χ1v) is 7.97. The zero-order chi connectivity index (χ0) is 16.9. The molecule has 0 aromatic heterocycles. The zero-order valence-corrected chi connectivity index (χ0v) is 13.2. The van der Waals surface area contributed by atoms with Crippen LogP contribution >= 0.6 is 0 Å². The van der Waals surface area contributed by atoms with E-state index in [0.29, 0.717) is 29.9 Å². The minimum Gasteiger partial charge on any atom is -0.478 e. The molecular weight excluding hydrogens is 306 g/mol. The van der Waals surface area contributed by atoms with E-state index in [1.54, 1.807) is 48.5 Å². The summed E-state index contributed by atoms with van der Waals surface area (Å²) in [5, 5.41) is 12.4. The van der Waals surface area contributed by atoms with E-state index in [9.17, 15) is 14.7 Å². The number of benzene rings is 2. The summed E-state index contributed by atoms with van der Waals surface area (Å²) in [6.45, 7) is 1.29. The summed E-state index contributed by atoms with van der Waals surface area (Å²) in [7, 11) is 0. The fourth-order valence-corrected chi connectivity index (χ4v) is 2.93. The predicted octanol–water partition coefficient (Wildman–Crippen LogP) is 2.96. The average molecular weight is 325 g/mol. The van der Waals surface area contributed by atoms with Gasteiger partial charge in [-0.3, -0.25) is 4.79 Å². The first kappa shape index (κ1) is 16.2. The highest BCUT2D eigenvalue weighted by Crippen LogP contribution is 2.27. The van der Waals surface area contributed by atoms with Gasteiger partial charge in [-0.1, -0.05) is 36.4 Å². The Kier molecular flexibility index (Phi) is 4.91. The minimum absolute atomic E-state index is 0.0917. The molecule has 24 heavy (non-hydrogen) atoms. The summed E-state index contributed by atoms with van der Waals surface area (Å²) in [6.07, 6.45) is 1.58. The van der Waals surface area contributed by atoms with Crippen LogP contribution in [0, 0.1) is 0 Å². The number of carboxylic acids is 1. The molecule has 2 aromatic carbocycles. The number of ether oxygens (including phenoxy) is 1. The molecule has 3 rings (SSSR count). The molecule has 5 heteroatoms. The van der Waals surface area contributed by atoms with Gasteiger partial charge in [0.25, 0.3) is 5.91 Å². The van der Waals surface area contributed by atoms with Crippen molar-refractivity contribution in [1.82, 2.24) is 5.32 Å². The van der Waals surface area contributed by atoms with Crippen molar-refractivity contribution in [2.45, 2.75) is 18.9 Å². The molecule has 1 heterocycles. The quantitative estimate of drug-likeness (QED) is 0.906. The van der Waals surface area contributed by atoms with Crippen LogP contribution in [0.3, 0.4) is 0 Å². The Labute approximate surface area is 140 Å². The molecule has 0 atom stereocenters. The lowest BCUT2D eigenvalue weighted by Gasteiger charge is -2.23. The monoisotopic (exact) mass is 325 g/mol. The van der Waals surface area contributed by atoms with Crippen molar-refractivity contribution in [3.8, 4) is 11.1 Å². The van der Waals surface area contributed by atoms with Crippen LogP contribution in [0.15, 0.2) is 48.5 Å². The van der Waals surface area contributed by atoms with Gasteiger partial charge in [-0.05, 0) is 36.1 Å². The molecule has 2 N–H and O–H groups in total. The van der Waals surface area contributed by atoms with Gasteiger partial charge in [0.2, 0.25) is 0 Å². The summed E-state index contributed by atoms with van der Waals surface area (Å²) < 4.78 is 5.31. The molecule has 1 aliphatic rings. The first-order valence-electron chi connectivity index (χ1n) is 7.97. The van der Waals surface area contributed by atoms with Crippen LogP contribution in [0.4, 0.5) is 0 Å². The van der Waals surface area contributed by atoms with Crippen molar-refractivity contribution in [1.29, 1.82) is 0 Å². The van der Waals surface area contributed by atoms with Gasteiger partial charge in [-0.15, -0.1) is 0 Å². The molecule has 1 amide bonds. The van der Waals surface area contributed by atoms with E-state index in [-0.39, 0.29) is 17.5 Å². The van der Waals surface area contributed by atoms with Crippen molar-refractivity contribution in [2.24, 2.45) is 0 Å². The van der Waals surface area contributed by atoms with E-state index in [1.165, 1.54) is 0 Å². The Morgan fingerprint density at radius 1 is 0.917 bits per heavy atom. The van der Waals surface area contributed by atoms with Gasteiger partial charge in [0.15, 0.2) is 0 Å². The van der Waals surface area contributed by atoms with Crippen LogP contribution in [0.1, 0.15) is 33.6 Å². The highest BCUT2D eigenvalue weighted by atomic mass is 16.5. The maximum atomic E-state index is 12.7. The third-order valence-electron chi connectivity index (χ3n) is 4.18. The number of hydrogen-bond donors (Lipinski definition) is 2. The van der Waals surface area contributed by atoms with E-state index in [1.807, 2.05) is 0 Å². The van der Waals surface area contributed by atoms with Crippen molar-refractivity contribution in [3.63, 3.8) is 0 Å². The van der Waals surface area contributed by atoms with Crippen LogP contribution in [0.2, 0.25) is 0 Å². The second kappa shape index (κ2) is 7.27. The Balaban J connectivity index is 1.93. The maximum absolute atomic E-state index is 12.7. The van der Waals surface area contributed by atoms with Crippen LogP contribution in [0.25, 0.3) is 11.1 Å². The first-order chi connectivity index (χ1) is 11.7. The van der Waals surface area contributed by atoms with Crippen molar-refractivity contribution in [2.75, 3.05) is 13.2 Å². The largest absolute Gasteiger partial charge is 0.478 e. The summed E-state index contributed by atoms with van der Waals surface area (Å²) in [5.41, 5.74) is 1.84. The van der Waals surface area contributed by atoms with Crippen LogP contribution < -0.4 is 5.32 Å². The van der Waals surface area contributed by atoms with Gasteiger partial charge >= 0.3 is 5.97 Å². The lowest BCUT2D eigenvalue weighted by atomic mass is 9.94. The number of aromatic carboxylic acids is 1. The molecule has 1 saturated heterocycles. The topological polar surface area (TPSA) is 75.6 Å². The normalized spacial score (nSPS) is 15.0. The van der Waals surface area contributed by atoms with Crippen molar-refractivity contribution < 1.29 is 19.4 Å². The van der Waals surface area contributed by atoms with Crippen molar-refractivity contribution >= 4 is 11.9 Å². The Morgan fingerprint density at radius 2 is 1.46 bits per heavy atom. The highest BCUT2D eigenvalue weighted by molar-refractivity contribution is 6.04. The maximum Gasteiger partial charge on any atom is 0.336 e. The summed E-state index contributed by atoms with van der Waals surface area (Å²) in [4.78, 5) is 24.2. The molecule has 1 fully saturated rings. The Bertz CT molecular complexity index is 751. The lowest BCUT2D eigenvalue weighted by Crippen LogP contribution is -2.39. The molecule has 0 bridgehead atoms. The number of hydrogen-bond acceptors (Lipinski definition) is 3. The van der Waals surface area contributed by atoms with Gasteiger partial charge < -0.3 is 15.2 Å². The van der Waals surface area contributed by atoms with Crippen LogP contribution in [0.5, 0.6) is 0 Å². The SMILES string of the molecule is O=C(O)c1ccccc1-c1ccccc1C(=O)NC1CCOCC1. The molecule has 1 aliphatic heterocycles. The van der Waals surface area contributed by atoms with E-state index in [2.05, 4.69) is 5.32 Å². The molecule has 2 aromatic rings. The molecule has 5 nitrogen and oxygen atoms in total. The summed E-state index contributed by atoms with van der Waals surface area (Å²) >= 11 is 0. The fourth-order valence-electron chi connectivity index (χ4n) is 2.93. The summed E-state index contributed by atoms with van der Waals surface area (Å²) in [5.74, 6) is -1.19. The van der Waals surface area contributed by atoms with Gasteiger partial charge in [0, 0.05) is 24.8 Å². The highest BCUT2D eigenvalue weighted by Gasteiger charge is 2.21. The second-order valence-corrected chi connectivity index (χ2v) is 5.76. The molecule has 124 valence electrons. The third-order valence-corrected chi connectivity index (χ3v) is 4.18. The predicted molar refractivity (Wildman–Crippen MR) is 90.1 cm³/mol. The average Bonchev–Trinajstić information content (AvgIpc) is 2.62. The minimum atomic E-state index is -1.01. The fraction of sp³-hybridized carbons (Fsp3) is 0.263. The molecule has 0 unspecified atom stereocenters. The van der Waals surface area contributed by atoms with Gasteiger partial charge in [0.05, 0.1) is 5.56 Å². The van der Waals surface area contributed by atoms with Crippen molar-refractivity contribution in [3.05, 3.63) is 59.7 Å². The molecule has 0 saturated carbocycles. The van der Waals surface area contributed by atoms with Crippen LogP contribution in [-0.2, 0) is 4.74 Å². The van der Waals surface area contributed by atoms with E-state index in [4.69, 9.17) is 4.74 Å². The number of rotatable bonds is 4. The van der Waals surface area contributed by atoms with E-state index < -0.39 is 5.97 Å². The summed E-state index contributed by atoms with van der Waals surface area (Å²) in [6, 6.07) is 13.9. The Hall–Kier alpha value is -2.66. The molecule has 0 spiro atoms. The standard InChI is InChI=1S/C19H19NO4/c21-18(20-13-9-11-24-12-10-13)16-7-3-1-5-14(16)15-6-2-4-8-17(15)19(22)23/h1-8,13H,9-12H2,(H,20,21)(H,22,23). The molecule has 0 aliphatic carbocycles. The Morgan fingerprint density at radius 3 is 2.08 bits per heavy atom. The smallest absolute Gasteiger partial charge is 0.336 e. The second-order valence-electron chi connectivity index (χ2n) is 5.76. The number of carbonyl (C=O) groups is 2. The molecule has 0 radical (unpaired) electrons. The number of nitrogens with one attached hydrogen (secondary N) is 1. The molecular formula is C19H19NO4. The number of amides is 1. The third kappa shape index (κ3) is 3.46. The van der Waals surface area contributed by atoms with Crippen LogP contribution in [-0.4, -0.2) is 36.2 Å². The van der Waals surface area contributed by atoms with E-state index in [0.717, 1.165) is 12.8 Å². The van der Waals surface area contributed by atoms with Gasteiger partial charge in [-0.2, -0.15) is 0 Å². The number of carboxylic acid groups (broad SMARTS) is 1. The zero-order valence-electron chi connectivity index (χ0n) is 13.2. The van der Waals surface area contributed by atoms with Gasteiger partial charge in [-0.25, -0.2) is 4.79 Å². The van der Waals surface area contributed by atoms with Gasteiger partial charge in [0.1, 0.15) is 0 Å².